The summed E-state index contributed by atoms with van der Waals surface area (Å²) in [6.45, 7) is 6.20. The molecule has 1 nitrogen and oxygen atoms in total. The van der Waals surface area contributed by atoms with Crippen molar-refractivity contribution in [2.75, 3.05) is 0 Å². The molecule has 1 aromatic carbocycles. The van der Waals surface area contributed by atoms with E-state index in [0.717, 1.165) is 16.9 Å². The zero-order valence-electron chi connectivity index (χ0n) is 11.1. The minimum absolute atomic E-state index is 0.0105. The van der Waals surface area contributed by atoms with Crippen molar-refractivity contribution in [1.29, 1.82) is 0 Å². The number of hydrogen-bond donors (Lipinski definition) is 0. The highest BCUT2D eigenvalue weighted by Gasteiger charge is 2.21. The van der Waals surface area contributed by atoms with Crippen LogP contribution in [-0.2, 0) is 0 Å². The predicted molar refractivity (Wildman–Crippen MR) is 77.6 cm³/mol. The Labute approximate surface area is 112 Å². The molecular weight excluding hydrogens is 240 g/mol. The van der Waals surface area contributed by atoms with Gasteiger partial charge in [-0.2, -0.15) is 0 Å². The second-order valence-corrected chi connectivity index (χ2v) is 5.84. The van der Waals surface area contributed by atoms with Crippen LogP contribution in [0.4, 0.5) is 0 Å². The van der Waals surface area contributed by atoms with Crippen molar-refractivity contribution in [2.45, 2.75) is 33.1 Å². The minimum Gasteiger partial charge on any atom is -0.293 e. The Morgan fingerprint density at radius 3 is 2.39 bits per heavy atom. The lowest BCUT2D eigenvalue weighted by molar-refractivity contribution is 0.0961. The third-order valence-electron chi connectivity index (χ3n) is 3.34. The molecule has 0 spiro atoms. The Bertz CT molecular complexity index is 520. The van der Waals surface area contributed by atoms with Crippen LogP contribution in [0.3, 0.4) is 0 Å². The second kappa shape index (κ2) is 5.49. The van der Waals surface area contributed by atoms with Crippen molar-refractivity contribution in [2.24, 2.45) is 0 Å². The molecule has 0 saturated heterocycles. The summed E-state index contributed by atoms with van der Waals surface area (Å²) >= 11 is 1.61. The van der Waals surface area contributed by atoms with E-state index in [2.05, 4.69) is 20.8 Å². The summed E-state index contributed by atoms with van der Waals surface area (Å²) in [7, 11) is 0. The number of aryl methyl sites for hydroxylation is 2. The van der Waals surface area contributed by atoms with Crippen LogP contribution in [0, 0.1) is 13.8 Å². The van der Waals surface area contributed by atoms with Gasteiger partial charge in [-0.3, -0.25) is 4.79 Å². The van der Waals surface area contributed by atoms with Gasteiger partial charge in [-0.05, 0) is 37.5 Å². The Morgan fingerprint density at radius 2 is 1.89 bits per heavy atom. The number of rotatable bonds is 4. The van der Waals surface area contributed by atoms with Crippen molar-refractivity contribution in [1.82, 2.24) is 0 Å². The van der Waals surface area contributed by atoms with Gasteiger partial charge < -0.3 is 0 Å². The van der Waals surface area contributed by atoms with Gasteiger partial charge in [0.2, 0.25) is 0 Å². The molecule has 18 heavy (non-hydrogen) atoms. The number of thiophene rings is 1. The van der Waals surface area contributed by atoms with Crippen molar-refractivity contribution >= 4 is 17.1 Å². The van der Waals surface area contributed by atoms with E-state index in [1.807, 2.05) is 36.4 Å². The van der Waals surface area contributed by atoms with Gasteiger partial charge in [0.05, 0.1) is 4.88 Å². The summed E-state index contributed by atoms with van der Waals surface area (Å²) in [6, 6.07) is 12.1. The molecule has 1 unspecified atom stereocenters. The highest BCUT2D eigenvalue weighted by atomic mass is 32.1. The van der Waals surface area contributed by atoms with Crippen LogP contribution < -0.4 is 0 Å². The average molecular weight is 258 g/mol. The first-order valence-corrected chi connectivity index (χ1v) is 7.11. The summed E-state index contributed by atoms with van der Waals surface area (Å²) in [5.74, 6) is 0.244. The van der Waals surface area contributed by atoms with E-state index >= 15 is 0 Å². The lowest BCUT2D eigenvalue weighted by Crippen LogP contribution is -2.10. The van der Waals surface area contributed by atoms with Crippen LogP contribution in [-0.4, -0.2) is 5.78 Å². The fourth-order valence-electron chi connectivity index (χ4n) is 2.12. The summed E-state index contributed by atoms with van der Waals surface area (Å²) in [4.78, 5) is 14.7. The third-order valence-corrected chi connectivity index (χ3v) is 4.50. The van der Waals surface area contributed by atoms with Crippen LogP contribution >= 0.6 is 11.3 Å². The standard InChI is InChI=1S/C16H18OS/c1-4-14(13-8-6-5-7-9-13)16(17)15-10-11(2)12(3)18-15/h5-10,14H,4H2,1-3H3. The molecule has 0 amide bonds. The molecule has 0 aliphatic rings. The fraction of sp³-hybridized carbons (Fsp3) is 0.312. The SMILES string of the molecule is CCC(C(=O)c1cc(C)c(C)s1)c1ccccc1. The monoisotopic (exact) mass is 258 g/mol. The fourth-order valence-corrected chi connectivity index (χ4v) is 3.15. The van der Waals surface area contributed by atoms with E-state index in [1.54, 1.807) is 11.3 Å². The number of benzene rings is 1. The first-order valence-electron chi connectivity index (χ1n) is 6.29. The Balaban J connectivity index is 2.31. The van der Waals surface area contributed by atoms with Crippen LogP contribution in [0.25, 0.3) is 0 Å². The van der Waals surface area contributed by atoms with Gasteiger partial charge in [-0.1, -0.05) is 37.3 Å². The third kappa shape index (κ3) is 2.54. The summed E-state index contributed by atoms with van der Waals surface area (Å²) in [5, 5.41) is 0. The summed E-state index contributed by atoms with van der Waals surface area (Å²) in [5.41, 5.74) is 2.33. The van der Waals surface area contributed by atoms with Crippen molar-refractivity contribution < 1.29 is 4.79 Å². The zero-order valence-corrected chi connectivity index (χ0v) is 11.9. The van der Waals surface area contributed by atoms with E-state index in [-0.39, 0.29) is 11.7 Å². The van der Waals surface area contributed by atoms with Gasteiger partial charge in [0.25, 0.3) is 0 Å². The first-order chi connectivity index (χ1) is 8.63. The summed E-state index contributed by atoms with van der Waals surface area (Å²) < 4.78 is 0. The molecule has 2 rings (SSSR count). The highest BCUT2D eigenvalue weighted by Crippen LogP contribution is 2.29. The van der Waals surface area contributed by atoms with Gasteiger partial charge in [-0.15, -0.1) is 11.3 Å². The van der Waals surface area contributed by atoms with Crippen LogP contribution in [0.1, 0.15) is 44.9 Å². The number of Topliss-reactive ketones (excluding diaryl/α,β-unsaturated/α-hetero) is 1. The smallest absolute Gasteiger partial charge is 0.180 e. The average Bonchev–Trinajstić information content (AvgIpc) is 2.72. The molecule has 1 aromatic heterocycles. The molecule has 0 aliphatic heterocycles. The largest absolute Gasteiger partial charge is 0.293 e. The van der Waals surface area contributed by atoms with Gasteiger partial charge in [0.15, 0.2) is 5.78 Å². The molecular formula is C16H18OS. The molecule has 0 aliphatic carbocycles. The number of carbonyl (C=O) groups is 1. The lowest BCUT2D eigenvalue weighted by Gasteiger charge is -2.12. The quantitative estimate of drug-likeness (QED) is 0.724. The molecule has 2 heteroatoms. The number of hydrogen-bond acceptors (Lipinski definition) is 2. The molecule has 0 radical (unpaired) electrons. The molecule has 0 fully saturated rings. The van der Waals surface area contributed by atoms with E-state index in [0.29, 0.717) is 0 Å². The molecule has 0 saturated carbocycles. The maximum atomic E-state index is 12.6. The topological polar surface area (TPSA) is 17.1 Å². The highest BCUT2D eigenvalue weighted by molar-refractivity contribution is 7.14. The maximum absolute atomic E-state index is 12.6. The number of ketones is 1. The zero-order chi connectivity index (χ0) is 13.1. The Kier molecular flexibility index (Phi) is 3.97. The minimum atomic E-state index is -0.0105. The van der Waals surface area contributed by atoms with Crippen molar-refractivity contribution in [3.63, 3.8) is 0 Å². The van der Waals surface area contributed by atoms with Gasteiger partial charge in [0.1, 0.15) is 0 Å². The maximum Gasteiger partial charge on any atom is 0.180 e. The predicted octanol–water partition coefficient (Wildman–Crippen LogP) is 4.74. The molecule has 0 bridgehead atoms. The van der Waals surface area contributed by atoms with Crippen molar-refractivity contribution in [3.05, 3.63) is 57.3 Å². The molecule has 1 heterocycles. The molecule has 94 valence electrons. The lowest BCUT2D eigenvalue weighted by atomic mass is 9.91. The Morgan fingerprint density at radius 1 is 1.22 bits per heavy atom. The molecule has 2 aromatic rings. The van der Waals surface area contributed by atoms with E-state index in [4.69, 9.17) is 0 Å². The normalized spacial score (nSPS) is 12.4. The van der Waals surface area contributed by atoms with E-state index in [1.165, 1.54) is 10.4 Å². The van der Waals surface area contributed by atoms with Gasteiger partial charge >= 0.3 is 0 Å². The van der Waals surface area contributed by atoms with Crippen molar-refractivity contribution in [3.8, 4) is 0 Å². The van der Waals surface area contributed by atoms with Gasteiger partial charge in [0, 0.05) is 10.8 Å². The van der Waals surface area contributed by atoms with E-state index in [9.17, 15) is 4.79 Å². The van der Waals surface area contributed by atoms with Gasteiger partial charge in [-0.25, -0.2) is 0 Å². The molecule has 1 atom stereocenters. The second-order valence-electron chi connectivity index (χ2n) is 4.59. The molecule has 0 N–H and O–H groups in total. The first kappa shape index (κ1) is 13.0. The van der Waals surface area contributed by atoms with Crippen LogP contribution in [0.15, 0.2) is 36.4 Å². The van der Waals surface area contributed by atoms with E-state index < -0.39 is 0 Å². The number of carbonyl (C=O) groups excluding carboxylic acids is 1. The van der Waals surface area contributed by atoms with Crippen LogP contribution in [0.2, 0.25) is 0 Å². The van der Waals surface area contributed by atoms with Crippen LogP contribution in [0.5, 0.6) is 0 Å². The summed E-state index contributed by atoms with van der Waals surface area (Å²) in [6.07, 6.45) is 0.846. The Hall–Kier alpha value is -1.41.